The SMILES string of the molecule is CC(C)C(CO)Nc1ncccc1[N+](=O)[O-]. The van der Waals surface area contributed by atoms with Gasteiger partial charge in [0, 0.05) is 12.3 Å². The minimum absolute atomic E-state index is 0.0819. The lowest BCUT2D eigenvalue weighted by atomic mass is 10.1. The Morgan fingerprint density at radius 3 is 2.81 bits per heavy atom. The van der Waals surface area contributed by atoms with Crippen LogP contribution in [0.15, 0.2) is 18.3 Å². The molecule has 0 bridgehead atoms. The summed E-state index contributed by atoms with van der Waals surface area (Å²) in [5, 5.41) is 22.7. The molecule has 0 fully saturated rings. The summed E-state index contributed by atoms with van der Waals surface area (Å²) in [4.78, 5) is 14.1. The minimum Gasteiger partial charge on any atom is -0.394 e. The molecule has 0 spiro atoms. The summed E-state index contributed by atoms with van der Waals surface area (Å²) in [7, 11) is 0. The lowest BCUT2D eigenvalue weighted by Gasteiger charge is -2.20. The highest BCUT2D eigenvalue weighted by molar-refractivity contribution is 5.55. The topological polar surface area (TPSA) is 88.3 Å². The Morgan fingerprint density at radius 2 is 2.31 bits per heavy atom. The van der Waals surface area contributed by atoms with Gasteiger partial charge in [-0.1, -0.05) is 13.8 Å². The van der Waals surface area contributed by atoms with Crippen LogP contribution in [0.25, 0.3) is 0 Å². The number of nitrogens with zero attached hydrogens (tertiary/aromatic N) is 2. The van der Waals surface area contributed by atoms with Crippen molar-refractivity contribution in [2.75, 3.05) is 11.9 Å². The van der Waals surface area contributed by atoms with E-state index in [0.29, 0.717) is 0 Å². The Balaban J connectivity index is 2.91. The first-order valence-corrected chi connectivity index (χ1v) is 5.03. The van der Waals surface area contributed by atoms with E-state index in [2.05, 4.69) is 10.3 Å². The van der Waals surface area contributed by atoms with Crippen molar-refractivity contribution in [3.05, 3.63) is 28.4 Å². The molecule has 0 aliphatic heterocycles. The predicted molar refractivity (Wildman–Crippen MR) is 60.2 cm³/mol. The molecule has 6 nitrogen and oxygen atoms in total. The molecule has 1 atom stereocenters. The minimum atomic E-state index is -0.496. The number of hydrogen-bond donors (Lipinski definition) is 2. The van der Waals surface area contributed by atoms with Gasteiger partial charge in [-0.25, -0.2) is 4.98 Å². The lowest BCUT2D eigenvalue weighted by Crippen LogP contribution is -2.30. The zero-order valence-corrected chi connectivity index (χ0v) is 9.25. The van der Waals surface area contributed by atoms with Crippen LogP contribution in [0.3, 0.4) is 0 Å². The van der Waals surface area contributed by atoms with E-state index in [1.54, 1.807) is 0 Å². The normalized spacial score (nSPS) is 12.5. The molecule has 1 aromatic heterocycles. The number of aliphatic hydroxyl groups is 1. The van der Waals surface area contributed by atoms with Gasteiger partial charge in [0.15, 0.2) is 0 Å². The molecule has 0 amide bonds. The summed E-state index contributed by atoms with van der Waals surface area (Å²) in [6.45, 7) is 3.75. The van der Waals surface area contributed by atoms with Crippen LogP contribution < -0.4 is 5.32 Å². The predicted octanol–water partition coefficient (Wildman–Crippen LogP) is 1.42. The standard InChI is InChI=1S/C10H15N3O3/c1-7(2)8(6-14)12-10-9(13(15)16)4-3-5-11-10/h3-5,7-8,14H,6H2,1-2H3,(H,11,12). The van der Waals surface area contributed by atoms with Gasteiger partial charge in [-0.15, -0.1) is 0 Å². The van der Waals surface area contributed by atoms with Gasteiger partial charge in [-0.2, -0.15) is 0 Å². The Bertz CT molecular complexity index is 368. The average Bonchev–Trinajstić information content (AvgIpc) is 2.25. The maximum Gasteiger partial charge on any atom is 0.311 e. The summed E-state index contributed by atoms with van der Waals surface area (Å²) in [5.41, 5.74) is -0.0819. The van der Waals surface area contributed by atoms with Crippen molar-refractivity contribution in [3.8, 4) is 0 Å². The van der Waals surface area contributed by atoms with Crippen molar-refractivity contribution in [2.24, 2.45) is 5.92 Å². The van der Waals surface area contributed by atoms with E-state index in [-0.39, 0.29) is 30.1 Å². The Hall–Kier alpha value is -1.69. The molecule has 1 unspecified atom stereocenters. The van der Waals surface area contributed by atoms with Crippen molar-refractivity contribution in [1.29, 1.82) is 0 Å². The average molecular weight is 225 g/mol. The number of rotatable bonds is 5. The van der Waals surface area contributed by atoms with Gasteiger partial charge in [0.1, 0.15) is 0 Å². The first-order valence-electron chi connectivity index (χ1n) is 5.03. The Labute approximate surface area is 93.5 Å². The van der Waals surface area contributed by atoms with Gasteiger partial charge in [0.05, 0.1) is 17.6 Å². The third kappa shape index (κ3) is 2.90. The zero-order chi connectivity index (χ0) is 12.1. The van der Waals surface area contributed by atoms with E-state index >= 15 is 0 Å². The molecule has 1 aromatic rings. The molecule has 16 heavy (non-hydrogen) atoms. The van der Waals surface area contributed by atoms with Gasteiger partial charge < -0.3 is 10.4 Å². The maximum atomic E-state index is 10.7. The highest BCUT2D eigenvalue weighted by atomic mass is 16.6. The molecule has 88 valence electrons. The number of anilines is 1. The molecule has 0 saturated carbocycles. The maximum absolute atomic E-state index is 10.7. The summed E-state index contributed by atoms with van der Waals surface area (Å²) in [5.74, 6) is 0.354. The molecule has 2 N–H and O–H groups in total. The second-order valence-electron chi connectivity index (χ2n) is 3.81. The van der Waals surface area contributed by atoms with Gasteiger partial charge in [-0.05, 0) is 12.0 Å². The van der Waals surface area contributed by atoms with E-state index in [0.717, 1.165) is 0 Å². The number of nitro groups is 1. The molecule has 0 saturated heterocycles. The van der Waals surface area contributed by atoms with Crippen molar-refractivity contribution in [1.82, 2.24) is 4.98 Å². The zero-order valence-electron chi connectivity index (χ0n) is 9.25. The van der Waals surface area contributed by atoms with Gasteiger partial charge in [-0.3, -0.25) is 10.1 Å². The summed E-state index contributed by atoms with van der Waals surface area (Å²) >= 11 is 0. The fourth-order valence-electron chi connectivity index (χ4n) is 1.25. The summed E-state index contributed by atoms with van der Waals surface area (Å²) < 4.78 is 0. The second kappa shape index (κ2) is 5.41. The molecule has 0 aromatic carbocycles. The Morgan fingerprint density at radius 1 is 1.62 bits per heavy atom. The van der Waals surface area contributed by atoms with Gasteiger partial charge >= 0.3 is 5.69 Å². The van der Waals surface area contributed by atoms with E-state index in [4.69, 9.17) is 5.11 Å². The Kier molecular flexibility index (Phi) is 4.19. The fourth-order valence-corrected chi connectivity index (χ4v) is 1.25. The molecule has 1 heterocycles. The first-order chi connectivity index (χ1) is 7.56. The van der Waals surface area contributed by atoms with Crippen molar-refractivity contribution in [2.45, 2.75) is 19.9 Å². The highest BCUT2D eigenvalue weighted by Crippen LogP contribution is 2.22. The van der Waals surface area contributed by atoms with Crippen LogP contribution in [0.4, 0.5) is 11.5 Å². The van der Waals surface area contributed by atoms with Crippen molar-refractivity contribution >= 4 is 11.5 Å². The van der Waals surface area contributed by atoms with Gasteiger partial charge in [0.2, 0.25) is 5.82 Å². The molecule has 1 rings (SSSR count). The summed E-state index contributed by atoms with van der Waals surface area (Å²) in [6.07, 6.45) is 1.48. The third-order valence-electron chi connectivity index (χ3n) is 2.31. The number of hydrogen-bond acceptors (Lipinski definition) is 5. The van der Waals surface area contributed by atoms with Crippen LogP contribution in [0.2, 0.25) is 0 Å². The van der Waals surface area contributed by atoms with Crippen LogP contribution >= 0.6 is 0 Å². The molecule has 6 heteroatoms. The molecular weight excluding hydrogens is 210 g/mol. The first kappa shape index (κ1) is 12.4. The van der Waals surface area contributed by atoms with E-state index in [1.807, 2.05) is 13.8 Å². The quantitative estimate of drug-likeness (QED) is 0.584. The van der Waals surface area contributed by atoms with E-state index < -0.39 is 4.92 Å². The van der Waals surface area contributed by atoms with Crippen molar-refractivity contribution < 1.29 is 10.0 Å². The van der Waals surface area contributed by atoms with Crippen molar-refractivity contribution in [3.63, 3.8) is 0 Å². The van der Waals surface area contributed by atoms with Crippen LogP contribution in [-0.4, -0.2) is 27.7 Å². The van der Waals surface area contributed by atoms with Gasteiger partial charge in [0.25, 0.3) is 0 Å². The highest BCUT2D eigenvalue weighted by Gasteiger charge is 2.19. The number of aromatic nitrogens is 1. The van der Waals surface area contributed by atoms with Crippen LogP contribution in [0.5, 0.6) is 0 Å². The number of aliphatic hydroxyl groups excluding tert-OH is 1. The second-order valence-corrected chi connectivity index (χ2v) is 3.81. The summed E-state index contributed by atoms with van der Waals surface area (Å²) in [6, 6.07) is 2.64. The number of pyridine rings is 1. The monoisotopic (exact) mass is 225 g/mol. The molecular formula is C10H15N3O3. The lowest BCUT2D eigenvalue weighted by molar-refractivity contribution is -0.384. The molecule has 0 aliphatic carbocycles. The van der Waals surface area contributed by atoms with Crippen LogP contribution in [0, 0.1) is 16.0 Å². The number of nitrogens with one attached hydrogen (secondary N) is 1. The van der Waals surface area contributed by atoms with Crippen LogP contribution in [-0.2, 0) is 0 Å². The van der Waals surface area contributed by atoms with Crippen LogP contribution in [0.1, 0.15) is 13.8 Å². The molecule has 0 aliphatic rings. The largest absolute Gasteiger partial charge is 0.394 e. The van der Waals surface area contributed by atoms with E-state index in [9.17, 15) is 10.1 Å². The third-order valence-corrected chi connectivity index (χ3v) is 2.31. The molecule has 0 radical (unpaired) electrons. The van der Waals surface area contributed by atoms with E-state index in [1.165, 1.54) is 18.3 Å². The fraction of sp³-hybridized carbons (Fsp3) is 0.500. The smallest absolute Gasteiger partial charge is 0.311 e.